The zero-order valence-corrected chi connectivity index (χ0v) is 22.9. The molecule has 3 aromatic rings. The molecule has 1 amide bonds. The number of sulfonamides is 1. The minimum Gasteiger partial charge on any atom is -0.379 e. The zero-order valence-electron chi connectivity index (χ0n) is 21.3. The van der Waals surface area contributed by atoms with E-state index in [2.05, 4.69) is 19.2 Å². The van der Waals surface area contributed by atoms with Crippen LogP contribution in [0.25, 0.3) is 10.2 Å². The van der Waals surface area contributed by atoms with Gasteiger partial charge in [0.25, 0.3) is 0 Å². The van der Waals surface area contributed by atoms with Crippen molar-refractivity contribution in [3.8, 4) is 0 Å². The van der Waals surface area contributed by atoms with E-state index in [1.807, 2.05) is 29.2 Å². The molecule has 1 aliphatic carbocycles. The van der Waals surface area contributed by atoms with Gasteiger partial charge in [-0.25, -0.2) is 13.4 Å². The van der Waals surface area contributed by atoms with Crippen molar-refractivity contribution in [2.45, 2.75) is 44.0 Å². The van der Waals surface area contributed by atoms with Crippen molar-refractivity contribution in [3.05, 3.63) is 48.5 Å². The molecule has 0 bridgehead atoms. The summed E-state index contributed by atoms with van der Waals surface area (Å²) >= 11 is 1.52. The van der Waals surface area contributed by atoms with Crippen LogP contribution < -0.4 is 10.2 Å². The largest absolute Gasteiger partial charge is 0.379 e. The third kappa shape index (κ3) is 5.67. The molecular formula is C27H34N4O4S2. The van der Waals surface area contributed by atoms with Crippen LogP contribution in [0.2, 0.25) is 0 Å². The summed E-state index contributed by atoms with van der Waals surface area (Å²) in [6.45, 7) is 6.01. The average molecular weight is 543 g/mol. The Bertz CT molecular complexity index is 1290. The van der Waals surface area contributed by atoms with Crippen LogP contribution in [0.5, 0.6) is 0 Å². The van der Waals surface area contributed by atoms with Crippen molar-refractivity contribution in [1.29, 1.82) is 0 Å². The number of hydrogen-bond donors (Lipinski definition) is 1. The van der Waals surface area contributed by atoms with Gasteiger partial charge in [-0.2, -0.15) is 4.31 Å². The lowest BCUT2D eigenvalue weighted by molar-refractivity contribution is -0.121. The van der Waals surface area contributed by atoms with E-state index in [1.165, 1.54) is 22.1 Å². The van der Waals surface area contributed by atoms with Gasteiger partial charge >= 0.3 is 0 Å². The molecule has 2 aliphatic rings. The van der Waals surface area contributed by atoms with Gasteiger partial charge in [-0.3, -0.25) is 4.79 Å². The van der Waals surface area contributed by atoms with Crippen LogP contribution in [-0.4, -0.2) is 62.5 Å². The van der Waals surface area contributed by atoms with Gasteiger partial charge < -0.3 is 15.0 Å². The minimum atomic E-state index is -3.60. The maximum Gasteiger partial charge on any atom is 0.243 e. The van der Waals surface area contributed by atoms with Gasteiger partial charge in [0.2, 0.25) is 15.9 Å². The van der Waals surface area contributed by atoms with Crippen molar-refractivity contribution >= 4 is 48.3 Å². The third-order valence-electron chi connectivity index (χ3n) is 7.44. The van der Waals surface area contributed by atoms with Crippen LogP contribution in [0.3, 0.4) is 0 Å². The molecule has 1 aromatic heterocycles. The number of nitrogens with zero attached hydrogens (tertiary/aromatic N) is 3. The van der Waals surface area contributed by atoms with Crippen molar-refractivity contribution in [2.24, 2.45) is 11.8 Å². The summed E-state index contributed by atoms with van der Waals surface area (Å²) in [6.07, 6.45) is 3.44. The second kappa shape index (κ2) is 11.1. The van der Waals surface area contributed by atoms with Gasteiger partial charge in [0.15, 0.2) is 5.13 Å². The molecule has 8 nitrogen and oxygen atoms in total. The van der Waals surface area contributed by atoms with Gasteiger partial charge in [0.1, 0.15) is 6.54 Å². The summed E-state index contributed by atoms with van der Waals surface area (Å²) in [5, 5.41) is 3.98. The fourth-order valence-electron chi connectivity index (χ4n) is 5.32. The highest BCUT2D eigenvalue weighted by atomic mass is 32.2. The molecule has 37 heavy (non-hydrogen) atoms. The fourth-order valence-corrected chi connectivity index (χ4v) is 7.71. The van der Waals surface area contributed by atoms with Gasteiger partial charge in [-0.15, -0.1) is 0 Å². The second-order valence-corrected chi connectivity index (χ2v) is 13.0. The molecule has 0 radical (unpaired) electrons. The summed E-state index contributed by atoms with van der Waals surface area (Å²) in [6, 6.07) is 14.8. The van der Waals surface area contributed by atoms with Crippen LogP contribution in [0, 0.1) is 11.8 Å². The van der Waals surface area contributed by atoms with Gasteiger partial charge in [0.05, 0.1) is 28.3 Å². The first-order valence-electron chi connectivity index (χ1n) is 12.9. The highest BCUT2D eigenvalue weighted by Gasteiger charge is 2.30. The Morgan fingerprint density at radius 1 is 1.08 bits per heavy atom. The molecule has 10 heteroatoms. The summed E-state index contributed by atoms with van der Waals surface area (Å²) in [4.78, 5) is 20.2. The maximum absolute atomic E-state index is 13.3. The van der Waals surface area contributed by atoms with E-state index in [4.69, 9.17) is 9.72 Å². The van der Waals surface area contributed by atoms with Crippen LogP contribution in [0.15, 0.2) is 53.4 Å². The normalized spacial score (nSPS) is 21.7. The number of rotatable bonds is 7. The number of morpholine rings is 1. The first-order valence-corrected chi connectivity index (χ1v) is 15.2. The Morgan fingerprint density at radius 2 is 1.76 bits per heavy atom. The molecule has 0 unspecified atom stereocenters. The number of benzene rings is 2. The molecule has 1 saturated heterocycles. The van der Waals surface area contributed by atoms with E-state index in [9.17, 15) is 13.2 Å². The number of aromatic nitrogens is 1. The maximum atomic E-state index is 13.3. The third-order valence-corrected chi connectivity index (χ3v) is 10.4. The van der Waals surface area contributed by atoms with Crippen molar-refractivity contribution in [1.82, 2.24) is 14.6 Å². The number of amides is 1. The smallest absolute Gasteiger partial charge is 0.243 e. The van der Waals surface area contributed by atoms with Gasteiger partial charge in [0, 0.05) is 24.8 Å². The standard InChI is InChI=1S/C27H34N4O4S2/c1-19-6-5-7-20(2)26(19)29-25(32)18-31(27-28-23-8-3-4-9-24(23)36-27)21-10-12-22(13-11-21)37(33,34)30-14-16-35-17-15-30/h3-4,8-13,19-20,26H,5-7,14-18H2,1-2H3,(H,29,32)/t19-,20-/m1/s1. The van der Waals surface area contributed by atoms with Crippen LogP contribution in [-0.2, 0) is 19.6 Å². The topological polar surface area (TPSA) is 91.8 Å². The van der Waals surface area contributed by atoms with Crippen LogP contribution in [0.1, 0.15) is 33.1 Å². The molecule has 1 aliphatic heterocycles. The number of para-hydroxylation sites is 1. The summed E-state index contributed by atoms with van der Waals surface area (Å²) in [5.74, 6) is 0.816. The predicted molar refractivity (Wildman–Crippen MR) is 147 cm³/mol. The minimum absolute atomic E-state index is 0.0603. The number of hydrogen-bond acceptors (Lipinski definition) is 7. The predicted octanol–water partition coefficient (Wildman–Crippen LogP) is 4.40. The highest BCUT2D eigenvalue weighted by Crippen LogP contribution is 2.34. The van der Waals surface area contributed by atoms with E-state index in [1.54, 1.807) is 24.3 Å². The number of ether oxygens (including phenoxy) is 1. The first-order chi connectivity index (χ1) is 17.8. The Kier molecular flexibility index (Phi) is 7.80. The fraction of sp³-hybridized carbons (Fsp3) is 0.481. The molecule has 1 saturated carbocycles. The van der Waals surface area contributed by atoms with Gasteiger partial charge in [-0.05, 0) is 61.1 Å². The van der Waals surface area contributed by atoms with E-state index in [-0.39, 0.29) is 23.4 Å². The van der Waals surface area contributed by atoms with E-state index < -0.39 is 10.0 Å². The summed E-state index contributed by atoms with van der Waals surface area (Å²) in [5.41, 5.74) is 1.59. The number of anilines is 2. The lowest BCUT2D eigenvalue weighted by atomic mass is 9.79. The lowest BCUT2D eigenvalue weighted by Crippen LogP contribution is -2.48. The molecule has 2 fully saturated rings. The van der Waals surface area contributed by atoms with Crippen molar-refractivity contribution in [3.63, 3.8) is 0 Å². The number of thiazole rings is 1. The Hall–Kier alpha value is -2.53. The monoisotopic (exact) mass is 542 g/mol. The quantitative estimate of drug-likeness (QED) is 0.476. The molecule has 0 spiro atoms. The van der Waals surface area contributed by atoms with Gasteiger partial charge in [-0.1, -0.05) is 43.7 Å². The number of fused-ring (bicyclic) bond motifs is 1. The summed E-state index contributed by atoms with van der Waals surface area (Å²) < 4.78 is 34.0. The van der Waals surface area contributed by atoms with Crippen LogP contribution in [0.4, 0.5) is 10.8 Å². The molecule has 198 valence electrons. The van der Waals surface area contributed by atoms with E-state index in [0.29, 0.717) is 43.3 Å². The number of nitrogens with one attached hydrogen (secondary N) is 1. The SMILES string of the molecule is C[C@@H]1CCC[C@@H](C)C1NC(=O)CN(c1ccc(S(=O)(=O)N2CCOCC2)cc1)c1nc2ccccc2s1. The molecule has 2 atom stereocenters. The average Bonchev–Trinajstić information content (AvgIpc) is 3.34. The van der Waals surface area contributed by atoms with Crippen LogP contribution >= 0.6 is 11.3 Å². The second-order valence-electron chi connectivity index (χ2n) is 10.0. The Balaban J connectivity index is 1.42. The molecule has 2 heterocycles. The lowest BCUT2D eigenvalue weighted by Gasteiger charge is -2.35. The Morgan fingerprint density at radius 3 is 2.43 bits per heavy atom. The zero-order chi connectivity index (χ0) is 26.0. The summed E-state index contributed by atoms with van der Waals surface area (Å²) in [7, 11) is -3.60. The molecule has 5 rings (SSSR count). The Labute approximate surface area is 222 Å². The number of carbonyl (C=O) groups excluding carboxylic acids is 1. The number of carbonyl (C=O) groups is 1. The van der Waals surface area contributed by atoms with E-state index in [0.717, 1.165) is 28.7 Å². The highest BCUT2D eigenvalue weighted by molar-refractivity contribution is 7.89. The molecule has 1 N–H and O–H groups in total. The first kappa shape index (κ1) is 26.1. The van der Waals surface area contributed by atoms with E-state index >= 15 is 0 Å². The van der Waals surface area contributed by atoms with Crippen molar-refractivity contribution < 1.29 is 17.9 Å². The molecular weight excluding hydrogens is 508 g/mol. The van der Waals surface area contributed by atoms with Crippen molar-refractivity contribution in [2.75, 3.05) is 37.7 Å². The molecule has 2 aromatic carbocycles.